The minimum atomic E-state index is -0.0871. The maximum atomic E-state index is 10.6. The Balaban J connectivity index is 1.36. The molecule has 0 aliphatic heterocycles. The summed E-state index contributed by atoms with van der Waals surface area (Å²) in [5, 5.41) is 0. The lowest BCUT2D eigenvalue weighted by Crippen LogP contribution is -2.12. The summed E-state index contributed by atoms with van der Waals surface area (Å²) >= 11 is 0. The van der Waals surface area contributed by atoms with Crippen molar-refractivity contribution in [3.63, 3.8) is 0 Å². The average molecular weight is 357 g/mol. The molecule has 0 aromatic heterocycles. The Morgan fingerprint density at radius 3 is 2.12 bits per heavy atom. The molecule has 3 rings (SSSR count). The van der Waals surface area contributed by atoms with E-state index in [0.717, 1.165) is 32.1 Å². The number of aryl methyl sites for hydroxylation is 2. The van der Waals surface area contributed by atoms with Crippen LogP contribution < -0.4 is 0 Å². The van der Waals surface area contributed by atoms with E-state index in [2.05, 4.69) is 32.0 Å². The van der Waals surface area contributed by atoms with Crippen LogP contribution >= 0.6 is 0 Å². The topological polar surface area (TPSA) is 26.3 Å². The van der Waals surface area contributed by atoms with Crippen LogP contribution in [0.2, 0.25) is 0 Å². The molecule has 2 aliphatic carbocycles. The molecule has 0 spiro atoms. The van der Waals surface area contributed by atoms with E-state index in [1.807, 2.05) is 0 Å². The van der Waals surface area contributed by atoms with Gasteiger partial charge in [0.05, 0.1) is 0 Å². The van der Waals surface area contributed by atoms with E-state index >= 15 is 0 Å². The van der Waals surface area contributed by atoms with Crippen molar-refractivity contribution in [2.75, 3.05) is 0 Å². The summed E-state index contributed by atoms with van der Waals surface area (Å²) in [6, 6.07) is 6.85. The Hall–Kier alpha value is -1.31. The Labute approximate surface area is 159 Å². The number of rotatable bonds is 13. The van der Waals surface area contributed by atoms with E-state index in [0.29, 0.717) is 11.9 Å². The zero-order valence-corrected chi connectivity index (χ0v) is 16.8. The molecule has 1 aromatic rings. The van der Waals surface area contributed by atoms with Crippen LogP contribution in [0.5, 0.6) is 0 Å². The summed E-state index contributed by atoms with van der Waals surface area (Å²) in [6.07, 6.45) is 16.3. The fraction of sp³-hybridized carbons (Fsp3) is 0.708. The molecule has 2 aliphatic rings. The van der Waals surface area contributed by atoms with E-state index in [4.69, 9.17) is 4.74 Å². The summed E-state index contributed by atoms with van der Waals surface area (Å²) in [5.74, 6) is 0. The first-order valence-electron chi connectivity index (χ1n) is 10.7. The highest BCUT2D eigenvalue weighted by atomic mass is 16.5. The molecule has 2 nitrogen and oxygen atoms in total. The summed E-state index contributed by atoms with van der Waals surface area (Å²) < 4.78 is 5.24. The Morgan fingerprint density at radius 1 is 0.923 bits per heavy atom. The van der Waals surface area contributed by atoms with Gasteiger partial charge in [-0.3, -0.25) is 4.79 Å². The molecule has 0 N–H and O–H groups in total. The standard InChI is InChI=1S/C24H36O2/c1-20-21(9-4-3-6-13-23(2)15-16-23)11-8-12-22(20)10-5-7-14-24(17-18-24)26-19-25/h8,11-12,19H,3-7,9-10,13-18H2,1-2H3. The van der Waals surface area contributed by atoms with Crippen molar-refractivity contribution in [3.05, 3.63) is 34.9 Å². The minimum Gasteiger partial charge on any atom is -0.461 e. The van der Waals surface area contributed by atoms with Gasteiger partial charge in [0.25, 0.3) is 6.47 Å². The maximum Gasteiger partial charge on any atom is 0.293 e. The summed E-state index contributed by atoms with van der Waals surface area (Å²) in [6.45, 7) is 5.37. The van der Waals surface area contributed by atoms with Gasteiger partial charge >= 0.3 is 0 Å². The van der Waals surface area contributed by atoms with E-state index in [-0.39, 0.29) is 5.60 Å². The van der Waals surface area contributed by atoms with E-state index in [1.165, 1.54) is 62.5 Å². The van der Waals surface area contributed by atoms with Crippen molar-refractivity contribution in [2.45, 2.75) is 103 Å². The molecule has 2 saturated carbocycles. The first kappa shape index (κ1) is 19.5. The van der Waals surface area contributed by atoms with Crippen LogP contribution in [0.3, 0.4) is 0 Å². The monoisotopic (exact) mass is 356 g/mol. The third-order valence-electron chi connectivity index (χ3n) is 6.82. The van der Waals surface area contributed by atoms with Gasteiger partial charge in [0.15, 0.2) is 0 Å². The first-order chi connectivity index (χ1) is 12.6. The van der Waals surface area contributed by atoms with Gasteiger partial charge in [-0.05, 0) is 99.7 Å². The molecule has 0 amide bonds. The number of carbonyl (C=O) groups is 1. The van der Waals surface area contributed by atoms with Crippen molar-refractivity contribution in [1.29, 1.82) is 0 Å². The quantitative estimate of drug-likeness (QED) is 0.305. The second-order valence-electron chi connectivity index (χ2n) is 9.18. The summed E-state index contributed by atoms with van der Waals surface area (Å²) in [7, 11) is 0. The van der Waals surface area contributed by atoms with E-state index < -0.39 is 0 Å². The highest BCUT2D eigenvalue weighted by molar-refractivity contribution is 5.39. The molecular formula is C24H36O2. The van der Waals surface area contributed by atoms with Crippen LogP contribution in [0.4, 0.5) is 0 Å². The number of ether oxygens (including phenoxy) is 1. The van der Waals surface area contributed by atoms with Gasteiger partial charge in [-0.1, -0.05) is 38.0 Å². The highest BCUT2D eigenvalue weighted by Gasteiger charge is 2.44. The van der Waals surface area contributed by atoms with Crippen LogP contribution in [0, 0.1) is 12.3 Å². The van der Waals surface area contributed by atoms with E-state index in [1.54, 1.807) is 5.56 Å². The molecule has 2 fully saturated rings. The van der Waals surface area contributed by atoms with Crippen molar-refractivity contribution >= 4 is 6.47 Å². The normalized spacial score (nSPS) is 19.2. The maximum absolute atomic E-state index is 10.6. The Kier molecular flexibility index (Phi) is 6.42. The SMILES string of the molecule is Cc1c(CCCCCC2(C)CC2)cccc1CCCCC1(OC=O)CC1. The largest absolute Gasteiger partial charge is 0.461 e. The Morgan fingerprint density at radius 2 is 1.54 bits per heavy atom. The minimum absolute atomic E-state index is 0.0871. The molecular weight excluding hydrogens is 320 g/mol. The lowest BCUT2D eigenvalue weighted by molar-refractivity contribution is -0.135. The van der Waals surface area contributed by atoms with Crippen molar-refractivity contribution in [2.24, 2.45) is 5.41 Å². The van der Waals surface area contributed by atoms with Crippen LogP contribution in [0.1, 0.15) is 94.2 Å². The lowest BCUT2D eigenvalue weighted by atomic mass is 9.93. The molecule has 1 aromatic carbocycles. The van der Waals surface area contributed by atoms with Crippen molar-refractivity contribution < 1.29 is 9.53 Å². The zero-order valence-electron chi connectivity index (χ0n) is 16.8. The van der Waals surface area contributed by atoms with Gasteiger partial charge in [0.2, 0.25) is 0 Å². The first-order valence-corrected chi connectivity index (χ1v) is 10.7. The van der Waals surface area contributed by atoms with Gasteiger partial charge in [0.1, 0.15) is 5.60 Å². The summed E-state index contributed by atoms with van der Waals surface area (Å²) in [4.78, 5) is 10.6. The predicted molar refractivity (Wildman–Crippen MR) is 107 cm³/mol. The van der Waals surface area contributed by atoms with Gasteiger partial charge in [-0.2, -0.15) is 0 Å². The zero-order chi connectivity index (χ0) is 18.5. The second kappa shape index (κ2) is 8.59. The fourth-order valence-electron chi connectivity index (χ4n) is 4.22. The number of benzene rings is 1. The number of carbonyl (C=O) groups excluding carboxylic acids is 1. The molecule has 0 heterocycles. The van der Waals surface area contributed by atoms with Crippen molar-refractivity contribution in [1.82, 2.24) is 0 Å². The molecule has 0 atom stereocenters. The lowest BCUT2D eigenvalue weighted by Gasteiger charge is -2.14. The molecule has 0 saturated heterocycles. The molecule has 2 heteroatoms. The predicted octanol–water partition coefficient (Wildman–Crippen LogP) is 6.32. The molecule has 144 valence electrons. The molecule has 0 radical (unpaired) electrons. The van der Waals surface area contributed by atoms with Crippen LogP contribution in [0.25, 0.3) is 0 Å². The third-order valence-corrected chi connectivity index (χ3v) is 6.82. The number of unbranched alkanes of at least 4 members (excludes halogenated alkanes) is 3. The van der Waals surface area contributed by atoms with Crippen LogP contribution in [-0.2, 0) is 22.4 Å². The van der Waals surface area contributed by atoms with Gasteiger partial charge in [-0.15, -0.1) is 0 Å². The van der Waals surface area contributed by atoms with Gasteiger partial charge in [-0.25, -0.2) is 0 Å². The van der Waals surface area contributed by atoms with Gasteiger partial charge in [0, 0.05) is 0 Å². The average Bonchev–Trinajstić information content (AvgIpc) is 3.54. The highest BCUT2D eigenvalue weighted by Crippen LogP contribution is 2.49. The smallest absolute Gasteiger partial charge is 0.293 e. The molecule has 26 heavy (non-hydrogen) atoms. The van der Waals surface area contributed by atoms with Gasteiger partial charge < -0.3 is 4.74 Å². The molecule has 0 unspecified atom stereocenters. The second-order valence-corrected chi connectivity index (χ2v) is 9.18. The van der Waals surface area contributed by atoms with Crippen LogP contribution in [-0.4, -0.2) is 12.1 Å². The Bertz CT molecular complexity index is 596. The van der Waals surface area contributed by atoms with E-state index in [9.17, 15) is 4.79 Å². The number of hydrogen-bond donors (Lipinski definition) is 0. The van der Waals surface area contributed by atoms with Crippen LogP contribution in [0.15, 0.2) is 18.2 Å². The van der Waals surface area contributed by atoms with Crippen molar-refractivity contribution in [3.8, 4) is 0 Å². The fourth-order valence-corrected chi connectivity index (χ4v) is 4.22. The number of hydrogen-bond acceptors (Lipinski definition) is 2. The third kappa shape index (κ3) is 5.59. The summed E-state index contributed by atoms with van der Waals surface area (Å²) in [5.41, 5.74) is 5.19. The molecule has 0 bridgehead atoms.